The number of hydrogen-bond acceptors (Lipinski definition) is 6. The highest BCUT2D eigenvalue weighted by atomic mass is 16.5. The van der Waals surface area contributed by atoms with Crippen LogP contribution in [0.4, 0.5) is 5.69 Å². The van der Waals surface area contributed by atoms with Crippen molar-refractivity contribution < 1.29 is 23.9 Å². The molecular weight excluding hydrogens is 412 g/mol. The van der Waals surface area contributed by atoms with E-state index in [1.807, 2.05) is 0 Å². The van der Waals surface area contributed by atoms with Crippen LogP contribution in [0.5, 0.6) is 5.75 Å². The number of hydrogen-bond donors (Lipinski definition) is 1. The summed E-state index contributed by atoms with van der Waals surface area (Å²) in [6, 6.07) is 8.38. The van der Waals surface area contributed by atoms with Crippen LogP contribution in [-0.4, -0.2) is 53.4 Å². The van der Waals surface area contributed by atoms with Gasteiger partial charge >= 0.3 is 5.97 Å². The third-order valence-corrected chi connectivity index (χ3v) is 5.45. The number of nitrogens with zero attached hydrogens (tertiary/aromatic N) is 3. The Hall–Kier alpha value is -3.36. The van der Waals surface area contributed by atoms with Crippen molar-refractivity contribution in [2.24, 2.45) is 5.92 Å². The van der Waals surface area contributed by atoms with Crippen LogP contribution >= 0.6 is 0 Å². The fourth-order valence-corrected chi connectivity index (χ4v) is 3.71. The third kappa shape index (κ3) is 4.46. The lowest BCUT2D eigenvalue weighted by atomic mass is 9.93. The van der Waals surface area contributed by atoms with E-state index in [9.17, 15) is 14.4 Å². The Labute approximate surface area is 187 Å². The van der Waals surface area contributed by atoms with Crippen LogP contribution in [0.25, 0.3) is 0 Å². The van der Waals surface area contributed by atoms with Crippen molar-refractivity contribution in [1.82, 2.24) is 15.1 Å². The summed E-state index contributed by atoms with van der Waals surface area (Å²) in [7, 11) is 1.54. The van der Waals surface area contributed by atoms with E-state index < -0.39 is 17.4 Å². The first-order chi connectivity index (χ1) is 15.2. The number of carbonyl (C=O) groups excluding carboxylic acids is 3. The molecule has 0 saturated carbocycles. The maximum absolute atomic E-state index is 13.6. The van der Waals surface area contributed by atoms with E-state index in [4.69, 9.17) is 9.47 Å². The molecule has 0 aliphatic carbocycles. The smallest absolute Gasteiger partial charge is 0.358 e. The lowest BCUT2D eigenvalue weighted by molar-refractivity contribution is -0.126. The number of rotatable bonds is 8. The van der Waals surface area contributed by atoms with Crippen molar-refractivity contribution in [1.29, 1.82) is 0 Å². The summed E-state index contributed by atoms with van der Waals surface area (Å²) >= 11 is 0. The first-order valence-corrected chi connectivity index (χ1v) is 10.7. The monoisotopic (exact) mass is 442 g/mol. The Bertz CT molecular complexity index is 1020. The molecule has 172 valence electrons. The van der Waals surface area contributed by atoms with E-state index in [0.29, 0.717) is 23.9 Å². The molecule has 0 fully saturated rings. The zero-order valence-corrected chi connectivity index (χ0v) is 19.2. The second-order valence-electron chi connectivity index (χ2n) is 8.35. The molecule has 0 unspecified atom stereocenters. The average Bonchev–Trinajstić information content (AvgIpc) is 3.18. The first-order valence-electron chi connectivity index (χ1n) is 10.7. The number of carbonyl (C=O) groups is 3. The van der Waals surface area contributed by atoms with Gasteiger partial charge in [0.25, 0.3) is 5.91 Å². The third-order valence-electron chi connectivity index (χ3n) is 5.45. The number of nitrogens with one attached hydrogen (secondary N) is 1. The quantitative estimate of drug-likeness (QED) is 0.631. The van der Waals surface area contributed by atoms with E-state index in [2.05, 4.69) is 24.3 Å². The predicted octanol–water partition coefficient (Wildman–Crippen LogP) is 2.65. The molecule has 9 heteroatoms. The molecule has 9 nitrogen and oxygen atoms in total. The van der Waals surface area contributed by atoms with Crippen molar-refractivity contribution >= 4 is 23.5 Å². The molecule has 2 aromatic rings. The molecule has 0 radical (unpaired) electrons. The fraction of sp³-hybridized carbons (Fsp3) is 0.478. The minimum Gasteiger partial charge on any atom is -0.497 e. The molecule has 2 amide bonds. The zero-order valence-electron chi connectivity index (χ0n) is 19.2. The summed E-state index contributed by atoms with van der Waals surface area (Å²) in [5, 5.41) is 7.21. The van der Waals surface area contributed by atoms with Crippen LogP contribution in [0.1, 0.15) is 55.1 Å². The summed E-state index contributed by atoms with van der Waals surface area (Å²) in [5.74, 6) is -0.361. The SMILES string of the molecule is CCOC(=O)c1cc2n(n1)C[C@](C)(C(=O)NCCC(C)C)N(c1cccc(OC)c1)C2=O. The summed E-state index contributed by atoms with van der Waals surface area (Å²) in [5.41, 5.74) is -0.514. The normalized spacial score (nSPS) is 17.8. The zero-order chi connectivity index (χ0) is 23.5. The van der Waals surface area contributed by atoms with Crippen molar-refractivity contribution in [3.05, 3.63) is 41.7 Å². The number of anilines is 1. The Morgan fingerprint density at radius 3 is 2.69 bits per heavy atom. The number of aromatic nitrogens is 2. The van der Waals surface area contributed by atoms with E-state index in [-0.39, 0.29) is 30.4 Å². The van der Waals surface area contributed by atoms with Gasteiger partial charge in [0.05, 0.1) is 20.3 Å². The molecule has 2 heterocycles. The number of ether oxygens (including phenoxy) is 2. The fourth-order valence-electron chi connectivity index (χ4n) is 3.71. The maximum atomic E-state index is 13.6. The first kappa shape index (κ1) is 23.3. The Morgan fingerprint density at radius 1 is 1.28 bits per heavy atom. The van der Waals surface area contributed by atoms with Gasteiger partial charge in [0.1, 0.15) is 17.0 Å². The van der Waals surface area contributed by atoms with Crippen LogP contribution < -0.4 is 15.0 Å². The number of esters is 1. The van der Waals surface area contributed by atoms with Crippen molar-refractivity contribution in [3.8, 4) is 5.75 Å². The standard InChI is InChI=1S/C23H30N4O5/c1-6-32-21(29)18-13-19-20(28)27(16-8-7-9-17(12-16)31-5)23(4,14-26(19)25-18)22(30)24-11-10-15(2)3/h7-9,12-13,15H,6,10-11,14H2,1-5H3,(H,24,30)/t23-/m1/s1. The highest BCUT2D eigenvalue weighted by Gasteiger charge is 2.49. The molecule has 1 atom stereocenters. The molecule has 1 aliphatic heterocycles. The topological polar surface area (TPSA) is 103 Å². The van der Waals surface area contributed by atoms with Crippen LogP contribution in [0.15, 0.2) is 30.3 Å². The van der Waals surface area contributed by atoms with Gasteiger partial charge in [-0.25, -0.2) is 4.79 Å². The van der Waals surface area contributed by atoms with Crippen LogP contribution in [-0.2, 0) is 16.1 Å². The van der Waals surface area contributed by atoms with Gasteiger partial charge in [-0.3, -0.25) is 19.2 Å². The molecule has 0 saturated heterocycles. The Balaban J connectivity index is 2.05. The molecule has 3 rings (SSSR count). The Morgan fingerprint density at radius 2 is 2.03 bits per heavy atom. The van der Waals surface area contributed by atoms with Gasteiger partial charge in [-0.1, -0.05) is 19.9 Å². The van der Waals surface area contributed by atoms with Gasteiger partial charge in [-0.15, -0.1) is 0 Å². The van der Waals surface area contributed by atoms with Gasteiger partial charge in [0, 0.05) is 24.4 Å². The number of benzene rings is 1. The van der Waals surface area contributed by atoms with E-state index >= 15 is 0 Å². The maximum Gasteiger partial charge on any atom is 0.358 e. The summed E-state index contributed by atoms with van der Waals surface area (Å²) < 4.78 is 11.7. The molecule has 0 bridgehead atoms. The number of amides is 2. The molecule has 32 heavy (non-hydrogen) atoms. The summed E-state index contributed by atoms with van der Waals surface area (Å²) in [4.78, 5) is 40.6. The van der Waals surface area contributed by atoms with Crippen molar-refractivity contribution in [2.45, 2.75) is 46.2 Å². The number of methoxy groups -OCH3 is 1. The second-order valence-corrected chi connectivity index (χ2v) is 8.35. The molecule has 1 aliphatic rings. The summed E-state index contributed by atoms with van der Waals surface area (Å²) in [6.45, 7) is 8.32. The van der Waals surface area contributed by atoms with Gasteiger partial charge in [0.15, 0.2) is 5.69 Å². The van der Waals surface area contributed by atoms with Gasteiger partial charge in [-0.2, -0.15) is 5.10 Å². The van der Waals surface area contributed by atoms with E-state index in [1.54, 1.807) is 38.1 Å². The highest BCUT2D eigenvalue weighted by molar-refractivity contribution is 6.12. The molecule has 1 aromatic heterocycles. The lowest BCUT2D eigenvalue weighted by Crippen LogP contribution is -2.64. The molecule has 1 aromatic carbocycles. The molecular formula is C23H30N4O5. The summed E-state index contributed by atoms with van der Waals surface area (Å²) in [6.07, 6.45) is 0.814. The molecule has 1 N–H and O–H groups in total. The largest absolute Gasteiger partial charge is 0.497 e. The van der Waals surface area contributed by atoms with E-state index in [0.717, 1.165) is 6.42 Å². The van der Waals surface area contributed by atoms with Crippen LogP contribution in [0.2, 0.25) is 0 Å². The second kappa shape index (κ2) is 9.42. The van der Waals surface area contributed by atoms with Crippen LogP contribution in [0.3, 0.4) is 0 Å². The minimum absolute atomic E-state index is 0.0326. The minimum atomic E-state index is -1.27. The van der Waals surface area contributed by atoms with E-state index in [1.165, 1.54) is 22.8 Å². The predicted molar refractivity (Wildman–Crippen MR) is 119 cm³/mol. The van der Waals surface area contributed by atoms with Crippen LogP contribution in [0, 0.1) is 5.92 Å². The van der Waals surface area contributed by atoms with Crippen molar-refractivity contribution in [2.75, 3.05) is 25.2 Å². The van der Waals surface area contributed by atoms with Crippen molar-refractivity contribution in [3.63, 3.8) is 0 Å². The van der Waals surface area contributed by atoms with Gasteiger partial charge < -0.3 is 14.8 Å². The number of fused-ring (bicyclic) bond motifs is 1. The Kier molecular flexibility index (Phi) is 6.86. The van der Waals surface area contributed by atoms with Gasteiger partial charge in [-0.05, 0) is 38.3 Å². The van der Waals surface area contributed by atoms with Gasteiger partial charge in [0.2, 0.25) is 5.91 Å². The lowest BCUT2D eigenvalue weighted by Gasteiger charge is -2.43. The average molecular weight is 443 g/mol. The molecule has 0 spiro atoms. The highest BCUT2D eigenvalue weighted by Crippen LogP contribution is 2.34.